The molecule has 0 saturated carbocycles. The maximum atomic E-state index is 7.90. The van der Waals surface area contributed by atoms with Gasteiger partial charge < -0.3 is 14.2 Å². The molecule has 3 aliphatic heterocycles. The summed E-state index contributed by atoms with van der Waals surface area (Å²) in [5, 5.41) is 0. The molecule has 16 rings (SSSR count). The van der Waals surface area contributed by atoms with Gasteiger partial charge in [0.15, 0.2) is 0 Å². The number of benzene rings is 13. The van der Waals surface area contributed by atoms with Crippen LogP contribution in [0.1, 0.15) is 0 Å². The average molecular weight is 1070 g/mol. The molecule has 0 unspecified atom stereocenters. The van der Waals surface area contributed by atoms with Crippen LogP contribution in [0.2, 0.25) is 0 Å². The van der Waals surface area contributed by atoms with E-state index >= 15 is 0 Å². The number of para-hydroxylation sites is 3. The molecule has 0 fully saturated rings. The van der Waals surface area contributed by atoms with E-state index in [0.717, 1.165) is 150 Å². The zero-order valence-electron chi connectivity index (χ0n) is 45.9. The first-order valence-electron chi connectivity index (χ1n) is 29.0. The van der Waals surface area contributed by atoms with E-state index in [1.54, 1.807) is 0 Å². The molecule has 3 heterocycles. The molecule has 0 spiro atoms. The monoisotopic (exact) mass is 1070 g/mol. The fraction of sp³-hybridized carbons (Fsp3) is 0. The standard InChI is InChI=1S/C78H51B3O3/c1-7-28-52(29-8-1)58-40-25-41-59(53-30-9-2-10-31-53)70(58)79-64-46-19-22-49-67(64)82-76-73(79)77-75(80(65-47-20-23-50-68(65)83-77)71-60(54-32-11-3-12-33-54)42-26-43-61(71)55-34-13-4-14-35-55)78-74(76)81(66-48-21-24-51-69(66)84-78)72-62(56-36-15-5-16-37-56)44-27-45-63(72)57-38-17-6-18-39-57/h1-51H. The highest BCUT2D eigenvalue weighted by molar-refractivity contribution is 7.05. The lowest BCUT2D eigenvalue weighted by atomic mass is 9.27. The van der Waals surface area contributed by atoms with Gasteiger partial charge in [0.25, 0.3) is 20.1 Å². The maximum absolute atomic E-state index is 7.90. The van der Waals surface area contributed by atoms with Crippen LogP contribution in [0.15, 0.2) is 309 Å². The van der Waals surface area contributed by atoms with E-state index in [9.17, 15) is 0 Å². The Morgan fingerprint density at radius 1 is 0.167 bits per heavy atom. The number of hydrogen-bond donors (Lipinski definition) is 0. The minimum Gasteiger partial charge on any atom is -0.459 e. The third-order valence-electron chi connectivity index (χ3n) is 17.4. The number of fused-ring (bicyclic) bond motifs is 9. The lowest BCUT2D eigenvalue weighted by Crippen LogP contribution is -2.66. The molecule has 0 N–H and O–H groups in total. The van der Waals surface area contributed by atoms with Crippen molar-refractivity contribution in [2.45, 2.75) is 0 Å². The van der Waals surface area contributed by atoms with Crippen molar-refractivity contribution in [2.75, 3.05) is 0 Å². The first-order chi connectivity index (χ1) is 41.7. The summed E-state index contributed by atoms with van der Waals surface area (Å²) in [4.78, 5) is 0. The Morgan fingerprint density at radius 3 is 0.571 bits per heavy atom. The van der Waals surface area contributed by atoms with Crippen molar-refractivity contribution >= 4 is 69.3 Å². The van der Waals surface area contributed by atoms with Crippen molar-refractivity contribution in [1.82, 2.24) is 0 Å². The molecule has 0 saturated heterocycles. The predicted octanol–water partition coefficient (Wildman–Crippen LogP) is 13.6. The molecule has 0 bridgehead atoms. The van der Waals surface area contributed by atoms with Gasteiger partial charge in [0, 0.05) is 16.4 Å². The molecular weight excluding hydrogens is 1020 g/mol. The van der Waals surface area contributed by atoms with E-state index in [2.05, 4.69) is 309 Å². The van der Waals surface area contributed by atoms with E-state index in [1.807, 2.05) is 0 Å². The SMILES string of the molecule is c1ccc(-c2cccc(-c3ccccc3)c2B2c3ccccc3Oc3c2c2c(c4c3B(c3c(-c5ccccc5)cccc3-c3ccccc3)c3ccccc3O4)B(c3c(-c4ccccc4)cccc3-c3ccccc3)c3ccccc3O2)cc1. The lowest BCUT2D eigenvalue weighted by molar-refractivity contribution is 0.453. The molecule has 0 radical (unpaired) electrons. The van der Waals surface area contributed by atoms with Crippen LogP contribution in [-0.2, 0) is 0 Å². The summed E-state index contributed by atoms with van der Waals surface area (Å²) < 4.78 is 23.7. The van der Waals surface area contributed by atoms with Crippen LogP contribution in [0.4, 0.5) is 0 Å². The second-order valence-electron chi connectivity index (χ2n) is 21.9. The van der Waals surface area contributed by atoms with Crippen LogP contribution in [0, 0.1) is 0 Å². The van der Waals surface area contributed by atoms with Gasteiger partial charge in [-0.25, -0.2) is 0 Å². The Balaban J connectivity index is 1.13. The Bertz CT molecular complexity index is 3970. The van der Waals surface area contributed by atoms with Gasteiger partial charge in [-0.3, -0.25) is 0 Å². The van der Waals surface area contributed by atoms with Gasteiger partial charge in [-0.2, -0.15) is 0 Å². The van der Waals surface area contributed by atoms with E-state index in [0.29, 0.717) is 0 Å². The van der Waals surface area contributed by atoms with E-state index in [4.69, 9.17) is 14.2 Å². The zero-order valence-corrected chi connectivity index (χ0v) is 45.9. The van der Waals surface area contributed by atoms with E-state index in [-0.39, 0.29) is 0 Å². The number of rotatable bonds is 9. The van der Waals surface area contributed by atoms with Crippen molar-refractivity contribution in [2.24, 2.45) is 0 Å². The molecule has 84 heavy (non-hydrogen) atoms. The molecule has 0 atom stereocenters. The summed E-state index contributed by atoms with van der Waals surface area (Å²) in [6, 6.07) is 112. The fourth-order valence-corrected chi connectivity index (χ4v) is 13.8. The Hall–Kier alpha value is -10.5. The second-order valence-corrected chi connectivity index (χ2v) is 21.9. The molecule has 6 heteroatoms. The predicted molar refractivity (Wildman–Crippen MR) is 352 cm³/mol. The first-order valence-corrected chi connectivity index (χ1v) is 29.0. The van der Waals surface area contributed by atoms with Crippen LogP contribution < -0.4 is 63.4 Å². The summed E-state index contributed by atoms with van der Waals surface area (Å²) in [7, 11) is 0. The lowest BCUT2D eigenvalue weighted by Gasteiger charge is -2.41. The summed E-state index contributed by atoms with van der Waals surface area (Å²) in [5.41, 5.74) is 23.0. The van der Waals surface area contributed by atoms with Crippen LogP contribution in [0.5, 0.6) is 34.5 Å². The molecular formula is C78H51B3O3. The van der Waals surface area contributed by atoms with Crippen molar-refractivity contribution in [3.8, 4) is 101 Å². The molecule has 13 aromatic rings. The number of ether oxygens (including phenoxy) is 3. The fourth-order valence-electron chi connectivity index (χ4n) is 13.8. The van der Waals surface area contributed by atoms with Gasteiger partial charge in [-0.05, 0) is 101 Å². The third-order valence-corrected chi connectivity index (χ3v) is 17.4. The molecule has 0 amide bonds. The Kier molecular flexibility index (Phi) is 12.2. The topological polar surface area (TPSA) is 27.7 Å². The maximum Gasteiger partial charge on any atom is 0.257 e. The minimum atomic E-state index is -0.435. The largest absolute Gasteiger partial charge is 0.459 e. The summed E-state index contributed by atoms with van der Waals surface area (Å²) in [5.74, 6) is 4.54. The van der Waals surface area contributed by atoms with Gasteiger partial charge in [-0.15, -0.1) is 0 Å². The van der Waals surface area contributed by atoms with Gasteiger partial charge in [0.05, 0.1) is 0 Å². The molecule has 13 aromatic carbocycles. The molecule has 0 aromatic heterocycles. The quantitative estimate of drug-likeness (QED) is 0.135. The summed E-state index contributed by atoms with van der Waals surface area (Å²) in [6.07, 6.45) is 0. The smallest absolute Gasteiger partial charge is 0.257 e. The van der Waals surface area contributed by atoms with Gasteiger partial charge in [-0.1, -0.05) is 308 Å². The third kappa shape index (κ3) is 8.16. The van der Waals surface area contributed by atoms with Gasteiger partial charge >= 0.3 is 0 Å². The molecule has 3 aliphatic rings. The Labute approximate surface area is 491 Å². The van der Waals surface area contributed by atoms with Crippen LogP contribution in [-0.4, -0.2) is 20.1 Å². The molecule has 390 valence electrons. The molecule has 0 aliphatic carbocycles. The van der Waals surface area contributed by atoms with Crippen LogP contribution in [0.25, 0.3) is 66.8 Å². The minimum absolute atomic E-state index is 0.435. The normalized spacial score (nSPS) is 12.5. The molecule has 3 nitrogen and oxygen atoms in total. The number of hydrogen-bond acceptors (Lipinski definition) is 3. The first kappa shape index (κ1) is 49.3. The van der Waals surface area contributed by atoms with Crippen LogP contribution >= 0.6 is 0 Å². The highest BCUT2D eigenvalue weighted by Crippen LogP contribution is 2.42. The second kappa shape index (κ2) is 20.8. The van der Waals surface area contributed by atoms with Crippen molar-refractivity contribution in [3.63, 3.8) is 0 Å². The Morgan fingerprint density at radius 2 is 0.357 bits per heavy atom. The van der Waals surface area contributed by atoms with Crippen molar-refractivity contribution in [3.05, 3.63) is 309 Å². The summed E-state index contributed by atoms with van der Waals surface area (Å²) in [6.45, 7) is -1.30. The van der Waals surface area contributed by atoms with Gasteiger partial charge in [0.2, 0.25) is 0 Å². The van der Waals surface area contributed by atoms with Crippen LogP contribution in [0.3, 0.4) is 0 Å². The van der Waals surface area contributed by atoms with E-state index in [1.165, 1.54) is 0 Å². The van der Waals surface area contributed by atoms with Crippen molar-refractivity contribution in [1.29, 1.82) is 0 Å². The van der Waals surface area contributed by atoms with Crippen molar-refractivity contribution < 1.29 is 14.2 Å². The average Bonchev–Trinajstić information content (AvgIpc) is 1.03. The summed E-state index contributed by atoms with van der Waals surface area (Å²) >= 11 is 0. The van der Waals surface area contributed by atoms with Gasteiger partial charge in [0.1, 0.15) is 34.5 Å². The highest BCUT2D eigenvalue weighted by atomic mass is 16.5. The van der Waals surface area contributed by atoms with E-state index < -0.39 is 20.1 Å². The zero-order chi connectivity index (χ0) is 55.5. The highest BCUT2D eigenvalue weighted by Gasteiger charge is 2.51.